The van der Waals surface area contributed by atoms with E-state index in [1.54, 1.807) is 42.5 Å². The lowest BCUT2D eigenvalue weighted by Crippen LogP contribution is -2.54. The fraction of sp³-hybridized carbons (Fsp3) is 0.412. The first kappa shape index (κ1) is 35.4. The van der Waals surface area contributed by atoms with E-state index in [1.165, 1.54) is 37.3 Å². The van der Waals surface area contributed by atoms with E-state index in [0.29, 0.717) is 21.4 Å². The first-order valence-corrected chi connectivity index (χ1v) is 17.5. The van der Waals surface area contributed by atoms with E-state index in [2.05, 4.69) is 5.32 Å². The summed E-state index contributed by atoms with van der Waals surface area (Å²) < 4.78 is 40.3. The minimum absolute atomic E-state index is 0.00321. The van der Waals surface area contributed by atoms with Crippen LogP contribution >= 0.6 is 23.2 Å². The number of hydrogen-bond donors (Lipinski definition) is 1. The first-order valence-electron chi connectivity index (χ1n) is 15.3. The second-order valence-corrected chi connectivity index (χ2v) is 14.0. The molecular weight excluding hydrogens is 649 g/mol. The largest absolute Gasteiger partial charge is 0.493 e. The summed E-state index contributed by atoms with van der Waals surface area (Å²) in [6.07, 6.45) is 5.20. The van der Waals surface area contributed by atoms with Gasteiger partial charge in [0, 0.05) is 34.3 Å². The molecule has 0 heterocycles. The van der Waals surface area contributed by atoms with Crippen molar-refractivity contribution >= 4 is 50.7 Å². The van der Waals surface area contributed by atoms with Gasteiger partial charge in [0.1, 0.15) is 12.6 Å². The number of halogens is 2. The molecule has 1 N–H and O–H groups in total. The molecule has 12 heteroatoms. The zero-order valence-corrected chi connectivity index (χ0v) is 28.9. The van der Waals surface area contributed by atoms with Crippen LogP contribution in [-0.4, -0.2) is 58.0 Å². The highest BCUT2D eigenvalue weighted by Gasteiger charge is 2.35. The molecule has 0 bridgehead atoms. The van der Waals surface area contributed by atoms with Crippen molar-refractivity contribution in [2.75, 3.05) is 25.1 Å². The van der Waals surface area contributed by atoms with Gasteiger partial charge in [0.15, 0.2) is 11.5 Å². The smallest absolute Gasteiger partial charge is 0.264 e. The van der Waals surface area contributed by atoms with Crippen LogP contribution in [0.4, 0.5) is 5.69 Å². The number of amides is 2. The molecule has 9 nitrogen and oxygen atoms in total. The van der Waals surface area contributed by atoms with Crippen molar-refractivity contribution in [3.05, 3.63) is 81.8 Å². The Hall–Kier alpha value is -3.47. The number of nitrogens with one attached hydrogen (secondary N) is 1. The molecule has 0 saturated heterocycles. The number of hydrogen-bond acceptors (Lipinski definition) is 6. The molecule has 1 atom stereocenters. The van der Waals surface area contributed by atoms with Gasteiger partial charge in [-0.25, -0.2) is 8.42 Å². The summed E-state index contributed by atoms with van der Waals surface area (Å²) in [5.41, 5.74) is 1.52. The van der Waals surface area contributed by atoms with E-state index < -0.39 is 28.5 Å². The van der Waals surface area contributed by atoms with Crippen molar-refractivity contribution in [2.24, 2.45) is 0 Å². The van der Waals surface area contributed by atoms with Gasteiger partial charge in [-0.2, -0.15) is 0 Å². The summed E-state index contributed by atoms with van der Waals surface area (Å²) in [5, 5.41) is 3.79. The number of benzene rings is 3. The Kier molecular flexibility index (Phi) is 12.2. The van der Waals surface area contributed by atoms with Gasteiger partial charge in [-0.15, -0.1) is 0 Å². The first-order chi connectivity index (χ1) is 22.0. The van der Waals surface area contributed by atoms with E-state index >= 15 is 0 Å². The molecule has 3 aromatic rings. The van der Waals surface area contributed by atoms with Gasteiger partial charge < -0.3 is 19.7 Å². The maximum atomic E-state index is 14.5. The van der Waals surface area contributed by atoms with Crippen molar-refractivity contribution in [1.29, 1.82) is 0 Å². The van der Waals surface area contributed by atoms with Crippen LogP contribution in [0.25, 0.3) is 0 Å². The quantitative estimate of drug-likeness (QED) is 0.212. The second-order valence-electron chi connectivity index (χ2n) is 11.4. The van der Waals surface area contributed by atoms with E-state index in [-0.39, 0.29) is 41.2 Å². The molecule has 3 aromatic carbocycles. The van der Waals surface area contributed by atoms with Gasteiger partial charge in [0.25, 0.3) is 10.0 Å². The number of methoxy groups -OCH3 is 2. The van der Waals surface area contributed by atoms with E-state index in [9.17, 15) is 18.0 Å². The van der Waals surface area contributed by atoms with E-state index in [0.717, 1.165) is 42.0 Å². The number of ether oxygens (including phenoxy) is 2. The third-order valence-corrected chi connectivity index (χ3v) is 10.8. The van der Waals surface area contributed by atoms with Gasteiger partial charge in [-0.05, 0) is 62.6 Å². The van der Waals surface area contributed by atoms with Crippen LogP contribution in [0.5, 0.6) is 11.5 Å². The minimum atomic E-state index is -4.27. The zero-order valence-electron chi connectivity index (χ0n) is 26.6. The van der Waals surface area contributed by atoms with Crippen LogP contribution in [0, 0.1) is 6.92 Å². The van der Waals surface area contributed by atoms with Crippen LogP contribution < -0.4 is 19.1 Å². The number of carbonyl (C=O) groups is 2. The zero-order chi connectivity index (χ0) is 33.4. The highest BCUT2D eigenvalue weighted by molar-refractivity contribution is 7.92. The number of anilines is 1. The Bertz CT molecular complexity index is 1610. The van der Waals surface area contributed by atoms with Crippen LogP contribution in [-0.2, 0) is 26.2 Å². The maximum absolute atomic E-state index is 14.5. The Labute approximate surface area is 281 Å². The minimum Gasteiger partial charge on any atom is -0.493 e. The molecule has 1 saturated carbocycles. The molecule has 248 valence electrons. The number of sulfonamides is 1. The summed E-state index contributed by atoms with van der Waals surface area (Å²) in [4.78, 5) is 29.6. The predicted molar refractivity (Wildman–Crippen MR) is 181 cm³/mol. The van der Waals surface area contributed by atoms with Crippen molar-refractivity contribution in [3.8, 4) is 11.5 Å². The van der Waals surface area contributed by atoms with Gasteiger partial charge in [0.2, 0.25) is 11.8 Å². The molecule has 46 heavy (non-hydrogen) atoms. The SMILES string of the molecule is CC[C@@H](C(=O)NC1CCCCC1)N(Cc1c(Cl)cccc1Cl)C(=O)CN(c1ccc(OC)c(OC)c1)S(=O)(=O)c1ccc(C)cc1. The van der Waals surface area contributed by atoms with Gasteiger partial charge in [-0.3, -0.25) is 13.9 Å². The molecular formula is C34H41Cl2N3O6S. The lowest BCUT2D eigenvalue weighted by Gasteiger charge is -2.35. The Morgan fingerprint density at radius 2 is 1.57 bits per heavy atom. The standard InChI is InChI=1S/C34H41Cl2N3O6S/c1-5-30(34(41)37-24-10-7-6-8-11-24)38(21-27-28(35)12-9-13-29(27)36)33(40)22-39(25-16-19-31(44-3)32(20-25)45-4)46(42,43)26-17-14-23(2)15-18-26/h9,12-20,24,30H,5-8,10-11,21-22H2,1-4H3,(H,37,41)/t30-/m0/s1. The summed E-state index contributed by atoms with van der Waals surface area (Å²) in [6.45, 7) is 2.96. The summed E-state index contributed by atoms with van der Waals surface area (Å²) in [7, 11) is -1.35. The van der Waals surface area contributed by atoms with Gasteiger partial charge in [-0.1, -0.05) is 73.2 Å². The third-order valence-electron chi connectivity index (χ3n) is 8.27. The molecule has 2 amide bonds. The van der Waals surface area contributed by atoms with Crippen LogP contribution in [0.15, 0.2) is 65.6 Å². The van der Waals surface area contributed by atoms with Crippen LogP contribution in [0.3, 0.4) is 0 Å². The monoisotopic (exact) mass is 689 g/mol. The molecule has 0 aromatic heterocycles. The third kappa shape index (κ3) is 8.27. The Balaban J connectivity index is 1.78. The van der Waals surface area contributed by atoms with Crippen LogP contribution in [0.1, 0.15) is 56.6 Å². The average molecular weight is 691 g/mol. The molecule has 1 fully saturated rings. The predicted octanol–water partition coefficient (Wildman–Crippen LogP) is 6.77. The number of nitrogens with zero attached hydrogens (tertiary/aromatic N) is 2. The molecule has 1 aliphatic rings. The van der Waals surface area contributed by atoms with Gasteiger partial charge >= 0.3 is 0 Å². The van der Waals surface area contributed by atoms with Crippen LogP contribution in [0.2, 0.25) is 10.0 Å². The Morgan fingerprint density at radius 1 is 0.935 bits per heavy atom. The molecule has 4 rings (SSSR count). The summed E-state index contributed by atoms with van der Waals surface area (Å²) >= 11 is 13.1. The topological polar surface area (TPSA) is 105 Å². The number of rotatable bonds is 13. The van der Waals surface area contributed by atoms with Gasteiger partial charge in [0.05, 0.1) is 24.8 Å². The van der Waals surface area contributed by atoms with E-state index in [4.69, 9.17) is 32.7 Å². The molecule has 0 radical (unpaired) electrons. The molecule has 0 spiro atoms. The molecule has 0 unspecified atom stereocenters. The molecule has 0 aliphatic heterocycles. The van der Waals surface area contributed by atoms with Crippen molar-refractivity contribution in [3.63, 3.8) is 0 Å². The number of carbonyl (C=O) groups excluding carboxylic acids is 2. The number of aryl methyl sites for hydroxylation is 1. The second kappa shape index (κ2) is 15.9. The fourth-order valence-electron chi connectivity index (χ4n) is 5.66. The Morgan fingerprint density at radius 3 is 2.15 bits per heavy atom. The summed E-state index contributed by atoms with van der Waals surface area (Å²) in [5.74, 6) is -0.225. The fourth-order valence-corrected chi connectivity index (χ4v) is 7.59. The van der Waals surface area contributed by atoms with Crippen molar-refractivity contribution in [1.82, 2.24) is 10.2 Å². The highest BCUT2D eigenvalue weighted by Crippen LogP contribution is 2.34. The summed E-state index contributed by atoms with van der Waals surface area (Å²) in [6, 6.07) is 15.1. The normalized spacial score (nSPS) is 14.3. The maximum Gasteiger partial charge on any atom is 0.264 e. The molecule has 1 aliphatic carbocycles. The average Bonchev–Trinajstić information content (AvgIpc) is 3.05. The lowest BCUT2D eigenvalue weighted by molar-refractivity contribution is -0.140. The lowest BCUT2D eigenvalue weighted by atomic mass is 9.95. The van der Waals surface area contributed by atoms with Crippen molar-refractivity contribution in [2.45, 2.75) is 75.9 Å². The highest BCUT2D eigenvalue weighted by atomic mass is 35.5. The van der Waals surface area contributed by atoms with E-state index in [1.807, 2.05) is 13.8 Å². The van der Waals surface area contributed by atoms with Crippen molar-refractivity contribution < 1.29 is 27.5 Å².